The molecule has 0 aliphatic carbocycles. The number of aromatic amines is 1. The highest BCUT2D eigenvalue weighted by molar-refractivity contribution is 5.83. The first kappa shape index (κ1) is 18.7. The van der Waals surface area contributed by atoms with Crippen molar-refractivity contribution in [3.63, 3.8) is 0 Å². The third-order valence-electron chi connectivity index (χ3n) is 5.75. The van der Waals surface area contributed by atoms with Crippen LogP contribution in [0.2, 0.25) is 0 Å². The van der Waals surface area contributed by atoms with Gasteiger partial charge >= 0.3 is 0 Å². The molecule has 0 amide bonds. The Morgan fingerprint density at radius 2 is 1.94 bits per heavy atom. The van der Waals surface area contributed by atoms with Crippen LogP contribution in [0.4, 0.5) is 5.82 Å². The zero-order valence-electron chi connectivity index (χ0n) is 17.2. The Balaban J connectivity index is 1.31. The molecule has 0 aliphatic rings. The van der Waals surface area contributed by atoms with Gasteiger partial charge in [0.1, 0.15) is 17.1 Å². The normalized spacial score (nSPS) is 12.7. The molecule has 0 aliphatic heterocycles. The average Bonchev–Trinajstić information content (AvgIpc) is 3.54. The Hall–Kier alpha value is -4.10. The molecule has 4 aromatic heterocycles. The third kappa shape index (κ3) is 3.19. The number of nitrogens with one attached hydrogen (secondary N) is 2. The molecular formula is C25H21N5O2. The molecule has 0 unspecified atom stereocenters. The lowest BCUT2D eigenvalue weighted by Gasteiger charge is -2.16. The van der Waals surface area contributed by atoms with Crippen molar-refractivity contribution in [2.24, 2.45) is 0 Å². The summed E-state index contributed by atoms with van der Waals surface area (Å²) in [7, 11) is 0. The maximum absolute atomic E-state index is 10.0. The number of hydrogen-bond acceptors (Lipinski definition) is 5. The van der Waals surface area contributed by atoms with Crippen molar-refractivity contribution < 1.29 is 9.52 Å². The molecule has 6 aromatic rings. The number of anilines is 1. The molecule has 0 saturated heterocycles. The van der Waals surface area contributed by atoms with Crippen LogP contribution in [0, 0.1) is 0 Å². The number of benzene rings is 2. The number of fused-ring (bicyclic) bond motifs is 3. The number of aromatic nitrogens is 4. The molecule has 7 nitrogen and oxygen atoms in total. The molecule has 6 rings (SSSR count). The first-order chi connectivity index (χ1) is 15.8. The molecular weight excluding hydrogens is 402 g/mol. The number of aliphatic hydroxyl groups is 1. The van der Waals surface area contributed by atoms with Crippen molar-refractivity contribution in [3.05, 3.63) is 84.7 Å². The lowest BCUT2D eigenvalue weighted by molar-refractivity contribution is 0.273. The fraction of sp³-hybridized carbons (Fsp3) is 0.120. The smallest absolute Gasteiger partial charge is 0.155 e. The molecule has 3 N–H and O–H groups in total. The predicted molar refractivity (Wildman–Crippen MR) is 125 cm³/mol. The Morgan fingerprint density at radius 1 is 1.06 bits per heavy atom. The summed E-state index contributed by atoms with van der Waals surface area (Å²) in [6.07, 6.45) is 4.43. The molecule has 0 fully saturated rings. The molecule has 32 heavy (non-hydrogen) atoms. The zero-order valence-corrected chi connectivity index (χ0v) is 17.2. The Morgan fingerprint density at radius 3 is 2.84 bits per heavy atom. The van der Waals surface area contributed by atoms with Crippen LogP contribution in [0.25, 0.3) is 39.0 Å². The van der Waals surface area contributed by atoms with Gasteiger partial charge < -0.3 is 19.8 Å². The highest BCUT2D eigenvalue weighted by atomic mass is 16.3. The van der Waals surface area contributed by atoms with E-state index in [2.05, 4.69) is 21.4 Å². The lowest BCUT2D eigenvalue weighted by atomic mass is 10.1. The van der Waals surface area contributed by atoms with Gasteiger partial charge in [-0.1, -0.05) is 36.4 Å². The van der Waals surface area contributed by atoms with E-state index in [1.807, 2.05) is 66.9 Å². The maximum Gasteiger partial charge on any atom is 0.155 e. The van der Waals surface area contributed by atoms with Gasteiger partial charge in [0.15, 0.2) is 11.4 Å². The SMILES string of the molecule is OC[C@H](Cc1c[nH]c2ccccc12)Nc1ccc2ncc(-c3cc4ccccc4o3)n2n1. The summed E-state index contributed by atoms with van der Waals surface area (Å²) in [5, 5.41) is 20.3. The van der Waals surface area contributed by atoms with Gasteiger partial charge in [0, 0.05) is 22.5 Å². The number of aliphatic hydroxyl groups excluding tert-OH is 1. The summed E-state index contributed by atoms with van der Waals surface area (Å²) < 4.78 is 7.77. The summed E-state index contributed by atoms with van der Waals surface area (Å²) in [6, 6.07) is 21.7. The van der Waals surface area contributed by atoms with Gasteiger partial charge in [0.05, 0.1) is 18.8 Å². The van der Waals surface area contributed by atoms with Crippen LogP contribution < -0.4 is 5.32 Å². The van der Waals surface area contributed by atoms with Gasteiger partial charge in [-0.2, -0.15) is 0 Å². The fourth-order valence-corrected chi connectivity index (χ4v) is 4.16. The average molecular weight is 423 g/mol. The summed E-state index contributed by atoms with van der Waals surface area (Å²) >= 11 is 0. The molecule has 0 bridgehead atoms. The predicted octanol–water partition coefficient (Wildman–Crippen LogP) is 4.64. The van der Waals surface area contributed by atoms with E-state index in [9.17, 15) is 5.11 Å². The highest BCUT2D eigenvalue weighted by Crippen LogP contribution is 2.28. The van der Waals surface area contributed by atoms with Gasteiger partial charge in [-0.15, -0.1) is 5.10 Å². The van der Waals surface area contributed by atoms with Crippen molar-refractivity contribution in [1.29, 1.82) is 0 Å². The van der Waals surface area contributed by atoms with Crippen LogP contribution in [-0.2, 0) is 6.42 Å². The minimum atomic E-state index is -0.183. The largest absolute Gasteiger partial charge is 0.454 e. The standard InChI is InChI=1S/C25H21N5O2/c31-15-18(11-17-13-26-20-7-3-2-6-19(17)20)28-24-9-10-25-27-14-21(30(25)29-24)23-12-16-5-1-4-8-22(16)32-23/h1-10,12-14,18,26,31H,11,15H2,(H,28,29)/t18-/m0/s1. The maximum atomic E-state index is 10.0. The first-order valence-corrected chi connectivity index (χ1v) is 10.5. The van der Waals surface area contributed by atoms with E-state index in [-0.39, 0.29) is 12.6 Å². The van der Waals surface area contributed by atoms with Crippen LogP contribution in [0.15, 0.2) is 83.5 Å². The number of imidazole rings is 1. The number of H-pyrrole nitrogens is 1. The molecule has 0 radical (unpaired) electrons. The number of furan rings is 1. The Bertz CT molecular complexity index is 1510. The molecule has 1 atom stereocenters. The molecule has 7 heteroatoms. The van der Waals surface area contributed by atoms with E-state index in [0.717, 1.165) is 38.8 Å². The highest BCUT2D eigenvalue weighted by Gasteiger charge is 2.15. The number of rotatable bonds is 6. The van der Waals surface area contributed by atoms with Crippen LogP contribution in [0.5, 0.6) is 0 Å². The Kier molecular flexibility index (Phi) is 4.40. The number of para-hydroxylation sites is 2. The summed E-state index contributed by atoms with van der Waals surface area (Å²) in [4.78, 5) is 7.75. The second kappa shape index (κ2) is 7.55. The van der Waals surface area contributed by atoms with E-state index in [1.165, 1.54) is 0 Å². The van der Waals surface area contributed by atoms with E-state index in [4.69, 9.17) is 9.52 Å². The minimum absolute atomic E-state index is 0.0143. The van der Waals surface area contributed by atoms with Crippen molar-refractivity contribution in [2.75, 3.05) is 11.9 Å². The van der Waals surface area contributed by atoms with Gasteiger partial charge in [-0.25, -0.2) is 9.50 Å². The van der Waals surface area contributed by atoms with E-state index in [0.29, 0.717) is 18.0 Å². The van der Waals surface area contributed by atoms with Gasteiger partial charge in [0.2, 0.25) is 0 Å². The second-order valence-electron chi connectivity index (χ2n) is 7.87. The van der Waals surface area contributed by atoms with Crippen molar-refractivity contribution in [2.45, 2.75) is 12.5 Å². The first-order valence-electron chi connectivity index (χ1n) is 10.5. The Labute approximate surface area is 183 Å². The van der Waals surface area contributed by atoms with E-state index >= 15 is 0 Å². The van der Waals surface area contributed by atoms with Crippen LogP contribution in [-0.4, -0.2) is 37.3 Å². The van der Waals surface area contributed by atoms with Crippen LogP contribution >= 0.6 is 0 Å². The summed E-state index contributed by atoms with van der Waals surface area (Å²) in [5.41, 5.74) is 4.57. The number of hydrogen-bond donors (Lipinski definition) is 3. The fourth-order valence-electron chi connectivity index (χ4n) is 4.16. The quantitative estimate of drug-likeness (QED) is 0.363. The van der Waals surface area contributed by atoms with Crippen LogP contribution in [0.3, 0.4) is 0 Å². The molecule has 0 saturated carbocycles. The minimum Gasteiger partial charge on any atom is -0.454 e. The topological polar surface area (TPSA) is 91.4 Å². The lowest BCUT2D eigenvalue weighted by Crippen LogP contribution is -2.27. The molecule has 4 heterocycles. The summed E-state index contributed by atoms with van der Waals surface area (Å²) in [5.74, 6) is 1.37. The van der Waals surface area contributed by atoms with Crippen LogP contribution in [0.1, 0.15) is 5.56 Å². The van der Waals surface area contributed by atoms with E-state index < -0.39 is 0 Å². The van der Waals surface area contributed by atoms with Gasteiger partial charge in [-0.05, 0) is 42.3 Å². The van der Waals surface area contributed by atoms with Crippen molar-refractivity contribution in [1.82, 2.24) is 19.6 Å². The number of nitrogens with zero attached hydrogens (tertiary/aromatic N) is 3. The summed E-state index contributed by atoms with van der Waals surface area (Å²) in [6.45, 7) is -0.0143. The van der Waals surface area contributed by atoms with Crippen molar-refractivity contribution >= 4 is 33.3 Å². The third-order valence-corrected chi connectivity index (χ3v) is 5.75. The second-order valence-corrected chi connectivity index (χ2v) is 7.87. The molecule has 0 spiro atoms. The van der Waals surface area contributed by atoms with Gasteiger partial charge in [0.25, 0.3) is 0 Å². The monoisotopic (exact) mass is 423 g/mol. The molecule has 2 aromatic carbocycles. The van der Waals surface area contributed by atoms with E-state index in [1.54, 1.807) is 10.7 Å². The van der Waals surface area contributed by atoms with Crippen molar-refractivity contribution in [3.8, 4) is 11.5 Å². The molecule has 158 valence electrons. The van der Waals surface area contributed by atoms with Gasteiger partial charge in [-0.3, -0.25) is 0 Å². The zero-order chi connectivity index (χ0) is 21.5.